The molecule has 0 aliphatic carbocycles. The minimum Gasteiger partial charge on any atom is -0.438 e. The molecule has 2 aromatic carbocycles. The highest BCUT2D eigenvalue weighted by molar-refractivity contribution is 7.90. The van der Waals surface area contributed by atoms with Gasteiger partial charge in [-0.2, -0.15) is 8.42 Å². The Bertz CT molecular complexity index is 1550. The Morgan fingerprint density at radius 1 is 0.917 bits per heavy atom. The number of halogens is 1. The highest BCUT2D eigenvalue weighted by atomic mass is 32.2. The smallest absolute Gasteiger partial charge is 0.281 e. The Morgan fingerprint density at radius 3 is 2.28 bits per heavy atom. The fourth-order valence-corrected chi connectivity index (χ4v) is 4.68. The number of carbonyl (C=O) groups is 1. The summed E-state index contributed by atoms with van der Waals surface area (Å²) in [7, 11) is -4.24. The van der Waals surface area contributed by atoms with E-state index in [9.17, 15) is 17.6 Å². The van der Waals surface area contributed by atoms with Crippen molar-refractivity contribution in [1.29, 1.82) is 0 Å². The monoisotopic (exact) mass is 505 g/mol. The number of rotatable bonds is 6. The molecule has 4 aromatic rings. The maximum atomic E-state index is 14.2. The van der Waals surface area contributed by atoms with Gasteiger partial charge in [0, 0.05) is 11.8 Å². The molecule has 7 nitrogen and oxygen atoms in total. The average Bonchev–Trinajstić information content (AvgIpc) is 2.83. The fourth-order valence-electron chi connectivity index (χ4n) is 3.76. The van der Waals surface area contributed by atoms with Gasteiger partial charge in [-0.1, -0.05) is 35.9 Å². The molecule has 0 spiro atoms. The molecule has 1 amide bonds. The first-order valence-corrected chi connectivity index (χ1v) is 12.5. The summed E-state index contributed by atoms with van der Waals surface area (Å²) in [4.78, 5) is 21.4. The molecule has 0 saturated heterocycles. The standard InChI is InChI=1S/C27H24FN3O4S/c1-16-13-18(3)25(19(4)14-16)35-27-21(26(32)31-36(33,34)24-7-5-6-12-29-24)10-11-23(30-27)20-9-8-17(2)22(28)15-20/h5-15H,1-4H3,(H,31,32). The molecule has 0 radical (unpaired) electrons. The van der Waals surface area contributed by atoms with Gasteiger partial charge >= 0.3 is 0 Å². The molecule has 0 fully saturated rings. The van der Waals surface area contributed by atoms with Gasteiger partial charge in [0.25, 0.3) is 15.9 Å². The van der Waals surface area contributed by atoms with Crippen LogP contribution in [0.2, 0.25) is 0 Å². The maximum absolute atomic E-state index is 14.2. The predicted octanol–water partition coefficient (Wildman–Crippen LogP) is 5.43. The number of aryl methyl sites for hydroxylation is 4. The number of nitrogens with zero attached hydrogens (tertiary/aromatic N) is 2. The summed E-state index contributed by atoms with van der Waals surface area (Å²) in [5, 5.41) is -0.300. The van der Waals surface area contributed by atoms with Crippen molar-refractivity contribution in [3.05, 3.63) is 100 Å². The molecule has 0 atom stereocenters. The van der Waals surface area contributed by atoms with Crippen molar-refractivity contribution >= 4 is 15.9 Å². The maximum Gasteiger partial charge on any atom is 0.281 e. The van der Waals surface area contributed by atoms with E-state index in [0.29, 0.717) is 22.6 Å². The lowest BCUT2D eigenvalue weighted by Crippen LogP contribution is -2.31. The molecular formula is C27H24FN3O4S. The lowest BCUT2D eigenvalue weighted by Gasteiger charge is -2.16. The number of hydrogen-bond acceptors (Lipinski definition) is 6. The second-order valence-corrected chi connectivity index (χ2v) is 10.1. The van der Waals surface area contributed by atoms with Crippen LogP contribution in [0.25, 0.3) is 11.3 Å². The number of amides is 1. The number of sulfonamides is 1. The Morgan fingerprint density at radius 2 is 1.64 bits per heavy atom. The molecule has 0 saturated carbocycles. The van der Waals surface area contributed by atoms with E-state index in [0.717, 1.165) is 16.7 Å². The van der Waals surface area contributed by atoms with E-state index in [1.54, 1.807) is 25.1 Å². The lowest BCUT2D eigenvalue weighted by atomic mass is 10.1. The largest absolute Gasteiger partial charge is 0.438 e. The first-order chi connectivity index (χ1) is 17.0. The van der Waals surface area contributed by atoms with Crippen LogP contribution in [-0.4, -0.2) is 24.3 Å². The molecule has 1 N–H and O–H groups in total. The van der Waals surface area contributed by atoms with Gasteiger partial charge in [0.15, 0.2) is 5.03 Å². The van der Waals surface area contributed by atoms with Crippen LogP contribution < -0.4 is 9.46 Å². The van der Waals surface area contributed by atoms with Gasteiger partial charge in [0.1, 0.15) is 17.1 Å². The van der Waals surface area contributed by atoms with E-state index < -0.39 is 21.7 Å². The number of carbonyl (C=O) groups excluding carboxylic acids is 1. The highest BCUT2D eigenvalue weighted by Gasteiger charge is 2.24. The van der Waals surface area contributed by atoms with E-state index in [2.05, 4.69) is 9.97 Å². The first-order valence-electron chi connectivity index (χ1n) is 11.1. The predicted molar refractivity (Wildman–Crippen MR) is 134 cm³/mol. The third-order valence-corrected chi connectivity index (χ3v) is 6.76. The zero-order valence-corrected chi connectivity index (χ0v) is 21.0. The van der Waals surface area contributed by atoms with Crippen molar-refractivity contribution in [2.75, 3.05) is 0 Å². The van der Waals surface area contributed by atoms with Crippen LogP contribution in [0.5, 0.6) is 11.6 Å². The molecule has 9 heteroatoms. The van der Waals surface area contributed by atoms with Gasteiger partial charge in [-0.05, 0) is 74.7 Å². The van der Waals surface area contributed by atoms with Crippen LogP contribution in [0.1, 0.15) is 32.6 Å². The second-order valence-electron chi connectivity index (χ2n) is 8.45. The van der Waals surface area contributed by atoms with E-state index in [-0.39, 0.29) is 16.5 Å². The minimum absolute atomic E-state index is 0.106. The number of aromatic nitrogens is 2. The quantitative estimate of drug-likeness (QED) is 0.375. The molecule has 2 heterocycles. The van der Waals surface area contributed by atoms with Crippen LogP contribution >= 0.6 is 0 Å². The van der Waals surface area contributed by atoms with Crippen molar-refractivity contribution in [2.24, 2.45) is 0 Å². The Balaban J connectivity index is 1.79. The summed E-state index contributed by atoms with van der Waals surface area (Å²) < 4.78 is 47.7. The van der Waals surface area contributed by atoms with Gasteiger partial charge in [-0.25, -0.2) is 19.1 Å². The number of hydrogen-bond donors (Lipinski definition) is 1. The topological polar surface area (TPSA) is 98.2 Å². The Labute approximate surface area is 209 Å². The van der Waals surface area contributed by atoms with E-state index in [1.165, 1.54) is 36.5 Å². The van der Waals surface area contributed by atoms with E-state index >= 15 is 0 Å². The average molecular weight is 506 g/mol. The molecule has 4 rings (SSSR count). The first kappa shape index (κ1) is 25.0. The van der Waals surface area contributed by atoms with E-state index in [1.807, 2.05) is 37.6 Å². The van der Waals surface area contributed by atoms with Crippen molar-refractivity contribution in [1.82, 2.24) is 14.7 Å². The summed E-state index contributed by atoms with van der Waals surface area (Å²) >= 11 is 0. The molecular weight excluding hydrogens is 481 g/mol. The molecule has 36 heavy (non-hydrogen) atoms. The number of benzene rings is 2. The number of pyridine rings is 2. The summed E-state index contributed by atoms with van der Waals surface area (Å²) in [5.41, 5.74) is 3.88. The summed E-state index contributed by atoms with van der Waals surface area (Å²) in [6.07, 6.45) is 1.31. The molecule has 0 aliphatic rings. The summed E-state index contributed by atoms with van der Waals surface area (Å²) in [6, 6.07) is 15.8. The molecule has 2 aromatic heterocycles. The lowest BCUT2D eigenvalue weighted by molar-refractivity contribution is 0.0978. The zero-order valence-electron chi connectivity index (χ0n) is 20.2. The summed E-state index contributed by atoms with van der Waals surface area (Å²) in [5.74, 6) is -0.961. The second kappa shape index (κ2) is 9.87. The number of nitrogens with one attached hydrogen (secondary N) is 1. The van der Waals surface area contributed by atoms with Gasteiger partial charge in [-0.3, -0.25) is 4.79 Å². The minimum atomic E-state index is -4.24. The molecule has 0 aliphatic heterocycles. The highest BCUT2D eigenvalue weighted by Crippen LogP contribution is 2.33. The molecule has 0 bridgehead atoms. The fraction of sp³-hybridized carbons (Fsp3) is 0.148. The van der Waals surface area contributed by atoms with Crippen LogP contribution in [-0.2, 0) is 10.0 Å². The number of ether oxygens (including phenoxy) is 1. The third kappa shape index (κ3) is 5.26. The van der Waals surface area contributed by atoms with Crippen LogP contribution in [0.15, 0.2) is 71.9 Å². The van der Waals surface area contributed by atoms with Gasteiger partial charge in [0.2, 0.25) is 5.88 Å². The van der Waals surface area contributed by atoms with Crippen molar-refractivity contribution in [2.45, 2.75) is 32.7 Å². The summed E-state index contributed by atoms with van der Waals surface area (Å²) in [6.45, 7) is 7.33. The van der Waals surface area contributed by atoms with Gasteiger partial charge in [0.05, 0.1) is 5.69 Å². The van der Waals surface area contributed by atoms with Crippen LogP contribution in [0.3, 0.4) is 0 Å². The van der Waals surface area contributed by atoms with Gasteiger partial charge < -0.3 is 4.74 Å². The van der Waals surface area contributed by atoms with E-state index in [4.69, 9.17) is 4.74 Å². The Hall–Kier alpha value is -4.11. The SMILES string of the molecule is Cc1cc(C)c(Oc2nc(-c3ccc(C)c(F)c3)ccc2C(=O)NS(=O)(=O)c2ccccn2)c(C)c1. The van der Waals surface area contributed by atoms with Crippen LogP contribution in [0, 0.1) is 33.5 Å². The molecule has 184 valence electrons. The molecule has 0 unspecified atom stereocenters. The zero-order chi connectivity index (χ0) is 26.0. The van der Waals surface area contributed by atoms with Crippen molar-refractivity contribution in [3.63, 3.8) is 0 Å². The van der Waals surface area contributed by atoms with Crippen molar-refractivity contribution in [3.8, 4) is 22.9 Å². The third-order valence-electron chi connectivity index (χ3n) is 5.52. The normalized spacial score (nSPS) is 11.2. The van der Waals surface area contributed by atoms with Gasteiger partial charge in [-0.15, -0.1) is 0 Å². The van der Waals surface area contributed by atoms with Crippen molar-refractivity contribution < 1.29 is 22.3 Å². The van der Waals surface area contributed by atoms with Crippen LogP contribution in [0.4, 0.5) is 4.39 Å². The Kier molecular flexibility index (Phi) is 6.85.